The molecule has 1 aromatic heterocycles. The third-order valence-corrected chi connectivity index (χ3v) is 5.18. The van der Waals surface area contributed by atoms with Crippen molar-refractivity contribution in [3.8, 4) is 0 Å². The molecule has 114 valence electrons. The van der Waals surface area contributed by atoms with E-state index in [-0.39, 0.29) is 12.0 Å². The average molecular weight is 313 g/mol. The number of carbonyl (C=O) groups excluding carboxylic acids is 1. The molecule has 4 heteroatoms. The molecule has 2 heterocycles. The van der Waals surface area contributed by atoms with Crippen LogP contribution < -0.4 is 4.90 Å². The lowest BCUT2D eigenvalue weighted by molar-refractivity contribution is 0.0952. The molecule has 3 nitrogen and oxygen atoms in total. The summed E-state index contributed by atoms with van der Waals surface area (Å²) in [5, 5.41) is 2.10. The van der Waals surface area contributed by atoms with E-state index in [4.69, 9.17) is 4.74 Å². The fraction of sp³-hybridized carbons (Fsp3) is 0.333. The van der Waals surface area contributed by atoms with Gasteiger partial charge in [-0.05, 0) is 42.5 Å². The number of piperidine rings is 1. The number of anilines is 1. The van der Waals surface area contributed by atoms with Crippen LogP contribution in [-0.4, -0.2) is 25.7 Å². The molecule has 0 saturated carbocycles. The highest BCUT2D eigenvalue weighted by Gasteiger charge is 2.37. The number of ether oxygens (including phenoxy) is 1. The summed E-state index contributed by atoms with van der Waals surface area (Å²) < 4.78 is 5.70. The molecule has 1 aliphatic heterocycles. The van der Waals surface area contributed by atoms with Gasteiger partial charge in [-0.2, -0.15) is 0 Å². The Morgan fingerprint density at radius 3 is 2.64 bits per heavy atom. The largest absolute Gasteiger partial charge is 0.374 e. The first-order valence-electron chi connectivity index (χ1n) is 7.40. The second kappa shape index (κ2) is 6.49. The molecule has 0 radical (unpaired) electrons. The van der Waals surface area contributed by atoms with Crippen molar-refractivity contribution in [2.75, 3.05) is 18.6 Å². The number of hydrogen-bond donors (Lipinski definition) is 0. The molecule has 22 heavy (non-hydrogen) atoms. The van der Waals surface area contributed by atoms with Crippen molar-refractivity contribution in [2.45, 2.75) is 25.4 Å². The van der Waals surface area contributed by atoms with Gasteiger partial charge in [-0.1, -0.05) is 18.2 Å². The lowest BCUT2D eigenvalue weighted by Gasteiger charge is -2.39. The van der Waals surface area contributed by atoms with Crippen molar-refractivity contribution in [1.29, 1.82) is 0 Å². The first kappa shape index (κ1) is 15.0. The maximum absolute atomic E-state index is 11.6. The van der Waals surface area contributed by atoms with Crippen molar-refractivity contribution < 1.29 is 9.53 Å². The summed E-state index contributed by atoms with van der Waals surface area (Å²) >= 11 is 1.74. The average Bonchev–Trinajstić information content (AvgIpc) is 3.00. The van der Waals surface area contributed by atoms with Gasteiger partial charge in [0.05, 0.1) is 0 Å². The van der Waals surface area contributed by atoms with Crippen LogP contribution >= 0.6 is 11.3 Å². The maximum Gasteiger partial charge on any atom is 0.149 e. The third kappa shape index (κ3) is 2.61. The lowest BCUT2D eigenvalue weighted by Crippen LogP contribution is -2.42. The fourth-order valence-electron chi connectivity index (χ4n) is 3.25. The monoisotopic (exact) mass is 313 g/mol. The Kier molecular flexibility index (Phi) is 4.44. The number of nitrogens with zero attached hydrogens (tertiary/aromatic N) is 1. The van der Waals surface area contributed by atoms with E-state index in [0.29, 0.717) is 5.70 Å². The van der Waals surface area contributed by atoms with Gasteiger partial charge in [0.15, 0.2) is 0 Å². The van der Waals surface area contributed by atoms with Gasteiger partial charge in [-0.15, -0.1) is 11.3 Å². The molecule has 1 aliphatic rings. The van der Waals surface area contributed by atoms with Crippen LogP contribution in [-0.2, 0) is 9.53 Å². The summed E-state index contributed by atoms with van der Waals surface area (Å²) in [5.41, 5.74) is 2.90. The molecule has 0 spiro atoms. The summed E-state index contributed by atoms with van der Waals surface area (Å²) in [6, 6.07) is 12.1. The summed E-state index contributed by atoms with van der Waals surface area (Å²) in [6.07, 6.45) is 0.704. The minimum atomic E-state index is -0.250. The van der Waals surface area contributed by atoms with Gasteiger partial charge in [0.2, 0.25) is 0 Å². The number of aryl methyl sites for hydroxylation is 1. The van der Waals surface area contributed by atoms with Gasteiger partial charge in [0.1, 0.15) is 17.7 Å². The molecule has 2 atom stereocenters. The van der Waals surface area contributed by atoms with Gasteiger partial charge in [-0.25, -0.2) is 4.79 Å². The minimum Gasteiger partial charge on any atom is -0.374 e. The number of hydrogen-bond acceptors (Lipinski definition) is 4. The van der Waals surface area contributed by atoms with Crippen LogP contribution in [0.3, 0.4) is 0 Å². The summed E-state index contributed by atoms with van der Waals surface area (Å²) in [6.45, 7) is 2.93. The lowest BCUT2D eigenvalue weighted by atomic mass is 9.85. The van der Waals surface area contributed by atoms with Crippen LogP contribution in [0.1, 0.15) is 22.8 Å². The first-order chi connectivity index (χ1) is 10.8. The summed E-state index contributed by atoms with van der Waals surface area (Å²) in [7, 11) is 1.67. The maximum atomic E-state index is 11.6. The van der Waals surface area contributed by atoms with Crippen LogP contribution in [0.5, 0.6) is 0 Å². The van der Waals surface area contributed by atoms with Crippen LogP contribution in [0, 0.1) is 6.92 Å². The van der Waals surface area contributed by atoms with E-state index in [1.807, 2.05) is 35.2 Å². The van der Waals surface area contributed by atoms with Gasteiger partial charge < -0.3 is 9.64 Å². The zero-order valence-electron chi connectivity index (χ0n) is 12.8. The van der Waals surface area contributed by atoms with Crippen LogP contribution in [0.15, 0.2) is 47.5 Å². The number of rotatable bonds is 3. The molecule has 1 fully saturated rings. The smallest absolute Gasteiger partial charge is 0.149 e. The Morgan fingerprint density at radius 2 is 2.05 bits per heavy atom. The standard InChI is InChI=1S/C18H19NO2S/c1-13-15(9-11-22-13)16-8-10-19(14-6-4-3-5-7-14)17(12-20)18(16)21-2/h3-7,9,11,16,18H,8,10H2,1-2H3. The third-order valence-electron chi connectivity index (χ3n) is 4.31. The van der Waals surface area contributed by atoms with E-state index in [9.17, 15) is 4.79 Å². The Labute approximate surface area is 134 Å². The second-order valence-corrected chi connectivity index (χ2v) is 6.58. The first-order valence-corrected chi connectivity index (χ1v) is 8.28. The molecule has 0 amide bonds. The zero-order valence-corrected chi connectivity index (χ0v) is 13.6. The predicted octanol–water partition coefficient (Wildman–Crippen LogP) is 3.78. The summed E-state index contributed by atoms with van der Waals surface area (Å²) in [5.74, 6) is 2.35. The topological polar surface area (TPSA) is 29.5 Å². The molecule has 1 aromatic carbocycles. The molecular formula is C18H19NO2S. The second-order valence-electron chi connectivity index (χ2n) is 5.46. The number of benzene rings is 1. The van der Waals surface area contributed by atoms with Gasteiger partial charge >= 0.3 is 0 Å². The van der Waals surface area contributed by atoms with Crippen molar-refractivity contribution in [3.63, 3.8) is 0 Å². The van der Waals surface area contributed by atoms with Gasteiger partial charge in [0, 0.05) is 30.1 Å². The molecule has 0 bridgehead atoms. The normalized spacial score (nSPS) is 21.7. The van der Waals surface area contributed by atoms with Gasteiger partial charge in [-0.3, -0.25) is 0 Å². The molecule has 2 aromatic rings. The minimum absolute atomic E-state index is 0.215. The number of methoxy groups -OCH3 is 1. The van der Waals surface area contributed by atoms with E-state index in [0.717, 1.165) is 18.7 Å². The molecule has 1 saturated heterocycles. The Balaban J connectivity index is 1.96. The van der Waals surface area contributed by atoms with Crippen LogP contribution in [0.4, 0.5) is 5.69 Å². The highest BCUT2D eigenvalue weighted by atomic mass is 32.1. The molecule has 0 aliphatic carbocycles. The molecule has 3 rings (SSSR count). The number of para-hydroxylation sites is 1. The van der Waals surface area contributed by atoms with Gasteiger partial charge in [0.25, 0.3) is 0 Å². The highest BCUT2D eigenvalue weighted by Crippen LogP contribution is 2.39. The van der Waals surface area contributed by atoms with Crippen molar-refractivity contribution in [2.24, 2.45) is 0 Å². The molecular weight excluding hydrogens is 294 g/mol. The van der Waals surface area contributed by atoms with Crippen LogP contribution in [0.2, 0.25) is 0 Å². The quantitative estimate of drug-likeness (QED) is 0.808. The zero-order chi connectivity index (χ0) is 15.5. The Morgan fingerprint density at radius 1 is 1.27 bits per heavy atom. The Bertz CT molecular complexity index is 688. The number of thiophene rings is 1. The van der Waals surface area contributed by atoms with Crippen molar-refractivity contribution in [1.82, 2.24) is 0 Å². The Hall–Kier alpha value is -1.87. The van der Waals surface area contributed by atoms with E-state index < -0.39 is 0 Å². The summed E-state index contributed by atoms with van der Waals surface area (Å²) in [4.78, 5) is 15.0. The van der Waals surface area contributed by atoms with E-state index >= 15 is 0 Å². The van der Waals surface area contributed by atoms with Crippen molar-refractivity contribution in [3.05, 3.63) is 57.9 Å². The SMILES string of the molecule is COC1C(=C=O)N(c2ccccc2)CCC1c1ccsc1C. The van der Waals surface area contributed by atoms with E-state index in [1.54, 1.807) is 18.4 Å². The molecule has 0 N–H and O–H groups in total. The molecule has 2 unspecified atom stereocenters. The van der Waals surface area contributed by atoms with Crippen molar-refractivity contribution >= 4 is 23.0 Å². The highest BCUT2D eigenvalue weighted by molar-refractivity contribution is 7.10. The van der Waals surface area contributed by atoms with E-state index in [1.165, 1.54) is 10.4 Å². The van der Waals surface area contributed by atoms with E-state index in [2.05, 4.69) is 24.3 Å². The fourth-order valence-corrected chi connectivity index (χ4v) is 4.02. The van der Waals surface area contributed by atoms with Crippen LogP contribution in [0.25, 0.3) is 0 Å². The predicted molar refractivity (Wildman–Crippen MR) is 90.2 cm³/mol.